The monoisotopic (exact) mass is 1390 g/mol. The predicted molar refractivity (Wildman–Crippen MR) is 329 cm³/mol. The van der Waals surface area contributed by atoms with E-state index in [1.165, 1.54) is 104 Å². The van der Waals surface area contributed by atoms with Crippen LogP contribution in [0.2, 0.25) is 0 Å². The minimum Gasteiger partial charge on any atom is -0.368 e. The van der Waals surface area contributed by atoms with Gasteiger partial charge >= 0.3 is 7.82 Å². The van der Waals surface area contributed by atoms with E-state index >= 15 is 0 Å². The SMILES string of the molecule is C[C@](O)(n1cnc(-c2ccc(-n3nccn3)cc2)cc1=O)[C@](C)(C(=O)NOP(=O)(ONC(=O)[C@@](C)([C@@](C)(O)n1cnc(-c2ccc(-n3nccn3)cc2)cc1=O)S(C)(=O)=O)ONC(=O)[C@@](C)([C@@](C)(O)n1cnc(-c2ccc(-n3nccn3)cc2)cc1=O)S(C)(=O)=O)S(C)(=O)=O. The molecular formula is C54H57N18O19PS3. The summed E-state index contributed by atoms with van der Waals surface area (Å²) < 4.78 is 104. The van der Waals surface area contributed by atoms with E-state index in [4.69, 9.17) is 13.9 Å². The molecule has 0 radical (unpaired) electrons. The summed E-state index contributed by atoms with van der Waals surface area (Å²) >= 11 is 0. The van der Waals surface area contributed by atoms with E-state index in [9.17, 15) is 73.9 Å². The van der Waals surface area contributed by atoms with Gasteiger partial charge in [-0.15, -0.1) is 0 Å². The first-order chi connectivity index (χ1) is 44.2. The normalized spacial score (nSPS) is 16.1. The van der Waals surface area contributed by atoms with Gasteiger partial charge in [-0.05, 0) is 77.9 Å². The lowest BCUT2D eigenvalue weighted by molar-refractivity contribution is -0.150. The van der Waals surface area contributed by atoms with Crippen molar-refractivity contribution in [2.75, 3.05) is 18.8 Å². The van der Waals surface area contributed by atoms with Crippen molar-refractivity contribution in [3.63, 3.8) is 0 Å². The van der Waals surface area contributed by atoms with Crippen LogP contribution in [0.25, 0.3) is 50.8 Å². The molecule has 0 unspecified atom stereocenters. The van der Waals surface area contributed by atoms with Gasteiger partial charge in [-0.1, -0.05) is 36.4 Å². The number of benzene rings is 3. The summed E-state index contributed by atoms with van der Waals surface area (Å²) in [5.41, 5.74) is -6.69. The molecular weight excluding hydrogens is 1330 g/mol. The quantitative estimate of drug-likeness (QED) is 0.0317. The first-order valence-electron chi connectivity index (χ1n) is 27.3. The van der Waals surface area contributed by atoms with Crippen molar-refractivity contribution in [3.05, 3.63) is 178 Å². The molecule has 6 N–H and O–H groups in total. The third-order valence-electron chi connectivity index (χ3n) is 16.3. The molecule has 500 valence electrons. The van der Waals surface area contributed by atoms with Crippen LogP contribution >= 0.6 is 7.82 Å². The highest BCUT2D eigenvalue weighted by Crippen LogP contribution is 2.48. The van der Waals surface area contributed by atoms with Gasteiger partial charge in [-0.2, -0.15) is 58.9 Å². The van der Waals surface area contributed by atoms with Crippen LogP contribution in [0.3, 0.4) is 0 Å². The molecule has 6 aromatic heterocycles. The molecule has 95 heavy (non-hydrogen) atoms. The van der Waals surface area contributed by atoms with E-state index in [2.05, 4.69) is 45.5 Å². The summed E-state index contributed by atoms with van der Waals surface area (Å²) in [5.74, 6) is -6.20. The van der Waals surface area contributed by atoms with Gasteiger partial charge in [0.2, 0.25) is 0 Å². The molecule has 0 saturated heterocycles. The summed E-state index contributed by atoms with van der Waals surface area (Å²) in [7, 11) is -21.8. The van der Waals surface area contributed by atoms with Crippen LogP contribution in [0.15, 0.2) is 162 Å². The number of rotatable bonds is 24. The number of carbonyl (C=O) groups is 3. The topological polar surface area (TPSA) is 492 Å². The smallest absolute Gasteiger partial charge is 0.368 e. The van der Waals surface area contributed by atoms with Crippen LogP contribution in [0, 0.1) is 0 Å². The average molecular weight is 1390 g/mol. The van der Waals surface area contributed by atoms with Gasteiger partial charge in [-0.3, -0.25) is 42.5 Å². The maximum atomic E-state index is 15.0. The highest BCUT2D eigenvalue weighted by molar-refractivity contribution is 7.93. The minimum atomic E-state index is -6.42. The van der Waals surface area contributed by atoms with Crippen molar-refractivity contribution in [2.45, 2.75) is 73.0 Å². The predicted octanol–water partition coefficient (Wildman–Crippen LogP) is -0.843. The summed E-state index contributed by atoms with van der Waals surface area (Å²) in [4.78, 5) is 102. The van der Waals surface area contributed by atoms with Gasteiger partial charge in [-0.25, -0.2) is 61.2 Å². The molecule has 6 atom stereocenters. The maximum Gasteiger partial charge on any atom is 0.539 e. The molecule has 37 nitrogen and oxygen atoms in total. The first kappa shape index (κ1) is 69.3. The van der Waals surface area contributed by atoms with Gasteiger partial charge < -0.3 is 15.3 Å². The second-order valence-corrected chi connectivity index (χ2v) is 30.6. The molecule has 9 aromatic rings. The zero-order chi connectivity index (χ0) is 69.7. The van der Waals surface area contributed by atoms with Crippen LogP contribution in [0.5, 0.6) is 0 Å². The molecule has 0 fully saturated rings. The van der Waals surface area contributed by atoms with Crippen molar-refractivity contribution in [3.8, 4) is 50.8 Å². The molecule has 9 rings (SSSR count). The fraction of sp³-hybridized carbons (Fsp3) is 0.278. The Morgan fingerprint density at radius 2 is 0.621 bits per heavy atom. The zero-order valence-electron chi connectivity index (χ0n) is 51.1. The Kier molecular flexibility index (Phi) is 18.3. The summed E-state index contributed by atoms with van der Waals surface area (Å²) in [6.45, 7) is 3.67. The van der Waals surface area contributed by atoms with Crippen LogP contribution in [0.1, 0.15) is 41.5 Å². The van der Waals surface area contributed by atoms with Crippen molar-refractivity contribution in [1.82, 2.24) is 90.1 Å². The molecule has 0 spiro atoms. The summed E-state index contributed by atoms with van der Waals surface area (Å²) in [6, 6.07) is 21.2. The molecule has 0 aliphatic rings. The number of aliphatic hydroxyl groups is 3. The highest BCUT2D eigenvalue weighted by atomic mass is 32.2. The lowest BCUT2D eigenvalue weighted by atomic mass is 9.97. The molecule has 6 heterocycles. The molecule has 0 saturated carbocycles. The number of hydrogen-bond acceptors (Lipinski definition) is 28. The van der Waals surface area contributed by atoms with E-state index in [1.54, 1.807) is 36.4 Å². The van der Waals surface area contributed by atoms with Crippen molar-refractivity contribution < 1.29 is 73.4 Å². The Hall–Kier alpha value is -10.0. The Bertz CT molecular complexity index is 4520. The number of sulfone groups is 3. The molecule has 0 aliphatic carbocycles. The highest BCUT2D eigenvalue weighted by Gasteiger charge is 2.63. The Labute approximate surface area is 536 Å². The first-order valence-corrected chi connectivity index (χ1v) is 34.4. The van der Waals surface area contributed by atoms with Crippen molar-refractivity contribution >= 4 is 55.1 Å². The van der Waals surface area contributed by atoms with Gasteiger partial charge in [0.15, 0.2) is 60.9 Å². The number of hydrogen-bond donors (Lipinski definition) is 6. The van der Waals surface area contributed by atoms with Gasteiger partial charge in [0, 0.05) is 53.7 Å². The fourth-order valence-electron chi connectivity index (χ4n) is 9.53. The molecule has 41 heteroatoms. The third kappa shape index (κ3) is 12.6. The van der Waals surface area contributed by atoms with E-state index in [-0.39, 0.29) is 17.1 Å². The summed E-state index contributed by atoms with van der Waals surface area (Å²) in [5, 5.41) is 60.7. The number of hydroxylamine groups is 3. The second-order valence-electron chi connectivity index (χ2n) is 22.0. The maximum absolute atomic E-state index is 15.0. The Morgan fingerprint density at radius 1 is 0.411 bits per heavy atom. The van der Waals surface area contributed by atoms with Crippen molar-refractivity contribution in [2.24, 2.45) is 0 Å². The number of nitrogens with one attached hydrogen (secondary N) is 3. The molecule has 3 amide bonds. The Morgan fingerprint density at radius 3 is 0.811 bits per heavy atom. The molecule has 3 aromatic carbocycles. The third-order valence-corrected chi connectivity index (χ3v) is 23.4. The standard InChI is InChI=1S/C54H57N18O19PS3/c1-49(93(7,83)84,52(4,79)67-31-55-40(28-43(67)73)34-10-16-37(17-11-34)70-58-22-23-59-70)46(76)64-89-92(82,90-65-47(77)50(2,94(8,85)86)53(5,80)68-32-56-41(29-44(68)74)35-12-18-38(19-13-35)71-60-24-25-61-71)91-66-48(78)51(3,95(9,87)88)54(6,81)69-33-57-42(30-45(69)75)36-14-20-39(21-15-36)72-62-26-27-63-72/h10-33,79-81H,1-9H3,(H,64,76)(H,65,77)(H,66,78)/t49-,50-,51-,52+,53+,54+/m0/s1. The number of amides is 3. The van der Waals surface area contributed by atoms with Gasteiger partial charge in [0.1, 0.15) is 19.0 Å². The lowest BCUT2D eigenvalue weighted by Gasteiger charge is -2.41. The van der Waals surface area contributed by atoms with Crippen LogP contribution in [-0.2, 0) is 79.5 Å². The van der Waals surface area contributed by atoms with E-state index < -0.39 is 103 Å². The number of phosphoric acid groups is 1. The molecule has 0 bridgehead atoms. The van der Waals surface area contributed by atoms with E-state index in [1.807, 2.05) is 0 Å². The van der Waals surface area contributed by atoms with E-state index in [0.717, 1.165) is 18.2 Å². The van der Waals surface area contributed by atoms with Crippen molar-refractivity contribution in [1.29, 1.82) is 0 Å². The van der Waals surface area contributed by atoms with Crippen LogP contribution in [0.4, 0.5) is 0 Å². The van der Waals surface area contributed by atoms with Crippen LogP contribution < -0.4 is 33.1 Å². The Balaban J connectivity index is 1.04. The summed E-state index contributed by atoms with van der Waals surface area (Å²) in [6.07, 6.45) is 11.9. The number of carbonyl (C=O) groups excluding carboxylic acids is 3. The molecule has 0 aliphatic heterocycles. The number of nitrogens with zero attached hydrogens (tertiary/aromatic N) is 15. The van der Waals surface area contributed by atoms with Gasteiger partial charge in [0.25, 0.3) is 34.4 Å². The van der Waals surface area contributed by atoms with Gasteiger partial charge in [0.05, 0.1) is 71.3 Å². The zero-order valence-corrected chi connectivity index (χ0v) is 54.5. The largest absolute Gasteiger partial charge is 0.539 e. The average Bonchev–Trinajstić information content (AvgIpc) is 1.08. The second kappa shape index (κ2) is 25.0. The minimum absolute atomic E-state index is 0.0229. The number of aromatic nitrogens is 15. The van der Waals surface area contributed by atoms with Crippen LogP contribution in [-0.4, -0.2) is 165 Å². The lowest BCUT2D eigenvalue weighted by Crippen LogP contribution is -2.66. The fourth-order valence-corrected chi connectivity index (χ4v) is 13.8. The van der Waals surface area contributed by atoms with E-state index in [0.29, 0.717) is 127 Å².